The van der Waals surface area contributed by atoms with Gasteiger partial charge in [-0.3, -0.25) is 0 Å². The smallest absolute Gasteiger partial charge is 0.205 e. The minimum atomic E-state index is -4.89. The summed E-state index contributed by atoms with van der Waals surface area (Å²) in [4.78, 5) is -1.28. The molecule has 110 valence electrons. The molecule has 0 aliphatic rings. The van der Waals surface area contributed by atoms with E-state index in [4.69, 9.17) is 0 Å². The topological polar surface area (TPSA) is 153 Å². The Bertz CT molecular complexity index is 1080. The van der Waals surface area contributed by atoms with E-state index < -0.39 is 30.0 Å². The summed E-state index contributed by atoms with van der Waals surface area (Å²) in [6.07, 6.45) is 0. The van der Waals surface area contributed by atoms with Crippen molar-refractivity contribution in [3.05, 3.63) is 24.3 Å². The Morgan fingerprint density at radius 2 is 1.71 bits per heavy atom. The second kappa shape index (κ2) is 4.21. The maximum Gasteiger partial charge on any atom is 0.205 e. The minimum absolute atomic E-state index is 0.0169. The average molecular weight is 328 g/mol. The predicted octanol–water partition coefficient (Wildman–Crippen LogP) is 0.184. The van der Waals surface area contributed by atoms with Crippen LogP contribution in [0.15, 0.2) is 38.6 Å². The van der Waals surface area contributed by atoms with Crippen molar-refractivity contribution in [1.82, 2.24) is 10.4 Å². The number of hydrogen-bond acceptors (Lipinski definition) is 9. The van der Waals surface area contributed by atoms with Crippen LogP contribution in [0.4, 0.5) is 0 Å². The van der Waals surface area contributed by atoms with Crippen LogP contribution in [0.1, 0.15) is 0 Å². The third-order valence-corrected chi connectivity index (χ3v) is 4.51. The van der Waals surface area contributed by atoms with Gasteiger partial charge in [-0.25, -0.2) is 16.8 Å². The Balaban J connectivity index is 2.52. The van der Waals surface area contributed by atoms with Gasteiger partial charge in [-0.15, -0.1) is 5.10 Å². The summed E-state index contributed by atoms with van der Waals surface area (Å²) in [6, 6.07) is 4.18. The van der Waals surface area contributed by atoms with Crippen molar-refractivity contribution >= 4 is 42.1 Å². The number of hydrogen-bond donors (Lipinski definition) is 0. The normalized spacial score (nSPS) is 13.0. The summed E-state index contributed by atoms with van der Waals surface area (Å²) in [7, 11) is -9.61. The summed E-state index contributed by atoms with van der Waals surface area (Å²) in [6.45, 7) is 0. The van der Waals surface area contributed by atoms with Crippen LogP contribution in [0.25, 0.3) is 21.9 Å². The highest BCUT2D eigenvalue weighted by Crippen LogP contribution is 2.31. The Labute approximate surface area is 117 Å². The molecule has 0 radical (unpaired) electrons. The Morgan fingerprint density at radius 1 is 1.00 bits per heavy atom. The van der Waals surface area contributed by atoms with Gasteiger partial charge in [0.25, 0.3) is 0 Å². The average Bonchev–Trinajstić information content (AvgIpc) is 2.83. The molecule has 0 bridgehead atoms. The maximum atomic E-state index is 11.2. The lowest BCUT2D eigenvalue weighted by molar-refractivity contribution is 0.415. The fourth-order valence-corrected chi connectivity index (χ4v) is 3.09. The molecule has 0 unspecified atom stereocenters. The summed E-state index contributed by atoms with van der Waals surface area (Å²) in [5.74, 6) is 0. The van der Waals surface area contributed by atoms with Crippen molar-refractivity contribution in [2.75, 3.05) is 0 Å². The van der Waals surface area contributed by atoms with Crippen LogP contribution in [0, 0.1) is 0 Å². The van der Waals surface area contributed by atoms with E-state index in [9.17, 15) is 25.9 Å². The molecule has 0 spiro atoms. The van der Waals surface area contributed by atoms with E-state index in [0.717, 1.165) is 18.2 Å². The summed E-state index contributed by atoms with van der Waals surface area (Å²) in [5.41, 5.74) is -0.341. The Hall–Kier alpha value is -2.08. The molecular weight excluding hydrogens is 324 g/mol. The lowest BCUT2D eigenvalue weighted by Crippen LogP contribution is -2.01. The van der Waals surface area contributed by atoms with Crippen molar-refractivity contribution < 1.29 is 30.5 Å². The highest BCUT2D eigenvalue weighted by atomic mass is 32.2. The fraction of sp³-hybridized carbons (Fsp3) is 0. The van der Waals surface area contributed by atoms with E-state index in [0.29, 0.717) is 5.39 Å². The quantitative estimate of drug-likeness (QED) is 0.599. The largest absolute Gasteiger partial charge is 0.744 e. The number of aromatic nitrogens is 2. The molecule has 2 aromatic carbocycles. The highest BCUT2D eigenvalue weighted by molar-refractivity contribution is 7.86. The second-order valence-electron chi connectivity index (χ2n) is 4.12. The number of benzene rings is 2. The minimum Gasteiger partial charge on any atom is -0.744 e. The number of nitrogens with zero attached hydrogens (tertiary/aromatic N) is 2. The van der Waals surface area contributed by atoms with Crippen LogP contribution < -0.4 is 0 Å². The highest BCUT2D eigenvalue weighted by Gasteiger charge is 2.17. The van der Waals surface area contributed by atoms with Crippen molar-refractivity contribution in [1.29, 1.82) is 0 Å². The van der Waals surface area contributed by atoms with Crippen LogP contribution in [-0.2, 0) is 20.2 Å². The molecule has 0 saturated carbocycles. The molecular formula is C10H4N2O7S2-2. The lowest BCUT2D eigenvalue weighted by atomic mass is 10.1. The molecule has 3 rings (SSSR count). The van der Waals surface area contributed by atoms with Crippen LogP contribution in [0.2, 0.25) is 0 Å². The molecule has 0 atom stereocenters. The van der Waals surface area contributed by atoms with Gasteiger partial charge in [0.2, 0.25) is 5.58 Å². The molecule has 0 aliphatic carbocycles. The van der Waals surface area contributed by atoms with E-state index in [1.807, 2.05) is 0 Å². The molecule has 1 aromatic heterocycles. The lowest BCUT2D eigenvalue weighted by Gasteiger charge is -2.11. The van der Waals surface area contributed by atoms with Gasteiger partial charge < -0.3 is 13.6 Å². The molecule has 11 heteroatoms. The zero-order valence-corrected chi connectivity index (χ0v) is 11.5. The number of rotatable bonds is 2. The van der Waals surface area contributed by atoms with E-state index in [1.165, 1.54) is 6.07 Å². The van der Waals surface area contributed by atoms with Gasteiger partial charge in [-0.1, -0.05) is 6.07 Å². The van der Waals surface area contributed by atoms with E-state index in [1.54, 1.807) is 0 Å². The SMILES string of the molecule is O=S(=O)([O-])c1ccc2c(c1)cc(S(=O)(=O)[O-])c1onnc12. The molecule has 0 fully saturated rings. The van der Waals surface area contributed by atoms with Crippen LogP contribution in [0.5, 0.6) is 0 Å². The van der Waals surface area contributed by atoms with Gasteiger partial charge in [-0.05, 0) is 23.6 Å². The van der Waals surface area contributed by atoms with Gasteiger partial charge in [0.15, 0.2) is 0 Å². The van der Waals surface area contributed by atoms with E-state index >= 15 is 0 Å². The van der Waals surface area contributed by atoms with Gasteiger partial charge in [0.05, 0.1) is 4.90 Å². The van der Waals surface area contributed by atoms with E-state index in [2.05, 4.69) is 14.9 Å². The first kappa shape index (κ1) is 13.9. The molecule has 0 aliphatic heterocycles. The summed E-state index contributed by atoms with van der Waals surface area (Å²) in [5, 5.41) is 7.10. The van der Waals surface area contributed by atoms with Crippen LogP contribution in [0.3, 0.4) is 0 Å². The zero-order valence-electron chi connectivity index (χ0n) is 9.88. The fourth-order valence-electron chi connectivity index (χ4n) is 1.95. The Morgan fingerprint density at radius 3 is 2.33 bits per heavy atom. The molecule has 0 N–H and O–H groups in total. The Kier molecular flexibility index (Phi) is 2.78. The number of fused-ring (bicyclic) bond motifs is 3. The van der Waals surface area contributed by atoms with Crippen LogP contribution in [-0.4, -0.2) is 36.3 Å². The van der Waals surface area contributed by atoms with Crippen LogP contribution >= 0.6 is 0 Å². The molecule has 0 saturated heterocycles. The van der Waals surface area contributed by atoms with Gasteiger partial charge in [0, 0.05) is 10.7 Å². The van der Waals surface area contributed by atoms with Gasteiger partial charge in [0.1, 0.15) is 30.6 Å². The standard InChI is InChI=1S/C10H6N2O7S2/c13-20(14,15)6-1-2-7-5(3-6)4-8(21(16,17)18)10-9(7)11-12-19-10/h1-4H,(H,13,14,15)(H,16,17,18)/p-2. The summed E-state index contributed by atoms with van der Waals surface area (Å²) < 4.78 is 71.3. The first-order valence-corrected chi connectivity index (χ1v) is 8.10. The van der Waals surface area contributed by atoms with E-state index in [-0.39, 0.29) is 16.5 Å². The van der Waals surface area contributed by atoms with Gasteiger partial charge in [-0.2, -0.15) is 0 Å². The van der Waals surface area contributed by atoms with Crippen molar-refractivity contribution in [2.45, 2.75) is 9.79 Å². The maximum absolute atomic E-state index is 11.2. The molecule has 3 aromatic rings. The van der Waals surface area contributed by atoms with Gasteiger partial charge >= 0.3 is 0 Å². The predicted molar refractivity (Wildman–Crippen MR) is 65.2 cm³/mol. The molecule has 9 nitrogen and oxygen atoms in total. The first-order chi connectivity index (χ1) is 9.68. The van der Waals surface area contributed by atoms with Crippen molar-refractivity contribution in [2.24, 2.45) is 0 Å². The third-order valence-electron chi connectivity index (χ3n) is 2.83. The van der Waals surface area contributed by atoms with Crippen molar-refractivity contribution in [3.8, 4) is 0 Å². The molecule has 1 heterocycles. The summed E-state index contributed by atoms with van der Waals surface area (Å²) >= 11 is 0. The first-order valence-electron chi connectivity index (χ1n) is 5.28. The third kappa shape index (κ3) is 2.25. The molecule has 0 amide bonds. The monoisotopic (exact) mass is 328 g/mol. The second-order valence-corrected chi connectivity index (χ2v) is 6.84. The molecule has 21 heavy (non-hydrogen) atoms. The van der Waals surface area contributed by atoms with Crippen molar-refractivity contribution in [3.63, 3.8) is 0 Å². The zero-order chi connectivity index (χ0) is 15.4.